The second-order valence-corrected chi connectivity index (χ2v) is 5.50. The van der Waals surface area contributed by atoms with E-state index in [2.05, 4.69) is 11.9 Å². The minimum atomic E-state index is -0.187. The van der Waals surface area contributed by atoms with Crippen molar-refractivity contribution in [1.82, 2.24) is 4.90 Å². The van der Waals surface area contributed by atoms with Crippen LogP contribution in [-0.2, 0) is 0 Å². The van der Waals surface area contributed by atoms with Crippen molar-refractivity contribution < 1.29 is 10.2 Å². The zero-order valence-corrected chi connectivity index (χ0v) is 10.3. The molecule has 0 aromatic carbocycles. The van der Waals surface area contributed by atoms with E-state index < -0.39 is 0 Å². The largest absolute Gasteiger partial charge is 0.391 e. The number of hydrogen-bond acceptors (Lipinski definition) is 3. The third kappa shape index (κ3) is 2.58. The smallest absolute Gasteiger partial charge is 0.0695 e. The van der Waals surface area contributed by atoms with Crippen LogP contribution in [0.3, 0.4) is 0 Å². The van der Waals surface area contributed by atoms with E-state index in [4.69, 9.17) is 0 Å². The summed E-state index contributed by atoms with van der Waals surface area (Å²) in [6.07, 6.45) is 8.39. The first-order chi connectivity index (χ1) is 7.70. The van der Waals surface area contributed by atoms with E-state index in [0.29, 0.717) is 0 Å². The first-order valence-corrected chi connectivity index (χ1v) is 6.78. The first-order valence-electron chi connectivity index (χ1n) is 6.78. The number of rotatable bonds is 2. The molecular weight excluding hydrogens is 202 g/mol. The van der Waals surface area contributed by atoms with E-state index >= 15 is 0 Å². The molecule has 0 bridgehead atoms. The molecule has 3 nitrogen and oxygen atoms in total. The summed E-state index contributed by atoms with van der Waals surface area (Å²) in [5.41, 5.74) is 0. The van der Waals surface area contributed by atoms with Crippen molar-refractivity contribution >= 4 is 0 Å². The molecule has 2 N–H and O–H groups in total. The minimum Gasteiger partial charge on any atom is -0.391 e. The fraction of sp³-hybridized carbons (Fsp3) is 1.00. The molecule has 2 aliphatic rings. The molecule has 2 saturated carbocycles. The Morgan fingerprint density at radius 2 is 1.12 bits per heavy atom. The van der Waals surface area contributed by atoms with Gasteiger partial charge in [-0.05, 0) is 32.7 Å². The standard InChI is InChI=1S/C13H25NO2/c1-14(10-6-2-4-8-12(10)15)11-7-3-5-9-13(11)16/h10-13,15-16H,2-9H2,1H3. The summed E-state index contributed by atoms with van der Waals surface area (Å²) in [6.45, 7) is 0. The molecule has 0 spiro atoms. The fourth-order valence-electron chi connectivity index (χ4n) is 3.38. The number of nitrogens with zero attached hydrogens (tertiary/aromatic N) is 1. The number of hydrogen-bond donors (Lipinski definition) is 2. The fourth-order valence-corrected chi connectivity index (χ4v) is 3.38. The summed E-state index contributed by atoms with van der Waals surface area (Å²) >= 11 is 0. The average molecular weight is 227 g/mol. The maximum atomic E-state index is 10.0. The van der Waals surface area contributed by atoms with Gasteiger partial charge in [0.05, 0.1) is 12.2 Å². The first kappa shape index (κ1) is 12.3. The molecule has 0 heterocycles. The monoisotopic (exact) mass is 227 g/mol. The van der Waals surface area contributed by atoms with Crippen LogP contribution in [0.4, 0.5) is 0 Å². The van der Waals surface area contributed by atoms with E-state index in [1.54, 1.807) is 0 Å². The summed E-state index contributed by atoms with van der Waals surface area (Å²) < 4.78 is 0. The molecule has 0 amide bonds. The summed E-state index contributed by atoms with van der Waals surface area (Å²) in [4.78, 5) is 2.26. The lowest BCUT2D eigenvalue weighted by Gasteiger charge is -2.43. The van der Waals surface area contributed by atoms with Gasteiger partial charge in [-0.15, -0.1) is 0 Å². The van der Waals surface area contributed by atoms with Crippen molar-refractivity contribution in [2.45, 2.75) is 75.7 Å². The second-order valence-electron chi connectivity index (χ2n) is 5.50. The predicted octanol–water partition coefficient (Wildman–Crippen LogP) is 1.53. The highest BCUT2D eigenvalue weighted by atomic mass is 16.3. The summed E-state index contributed by atoms with van der Waals surface area (Å²) in [5.74, 6) is 0. The van der Waals surface area contributed by atoms with Crippen LogP contribution < -0.4 is 0 Å². The Kier molecular flexibility index (Phi) is 4.22. The van der Waals surface area contributed by atoms with E-state index in [1.165, 1.54) is 12.8 Å². The van der Waals surface area contributed by atoms with Gasteiger partial charge in [-0.2, -0.15) is 0 Å². The average Bonchev–Trinajstić information content (AvgIpc) is 2.29. The highest BCUT2D eigenvalue weighted by molar-refractivity contribution is 4.89. The molecule has 0 aliphatic heterocycles. The van der Waals surface area contributed by atoms with Gasteiger partial charge in [-0.1, -0.05) is 25.7 Å². The van der Waals surface area contributed by atoms with Gasteiger partial charge >= 0.3 is 0 Å². The Balaban J connectivity index is 1.96. The molecule has 4 atom stereocenters. The van der Waals surface area contributed by atoms with Crippen LogP contribution in [0.25, 0.3) is 0 Å². The summed E-state index contributed by atoms with van der Waals surface area (Å²) in [6, 6.07) is 0.540. The second kappa shape index (κ2) is 5.48. The molecule has 16 heavy (non-hydrogen) atoms. The van der Waals surface area contributed by atoms with Gasteiger partial charge < -0.3 is 10.2 Å². The molecule has 0 aromatic heterocycles. The lowest BCUT2D eigenvalue weighted by Crippen LogP contribution is -2.53. The van der Waals surface area contributed by atoms with Crippen LogP contribution in [0.1, 0.15) is 51.4 Å². The van der Waals surface area contributed by atoms with Gasteiger partial charge in [0.25, 0.3) is 0 Å². The van der Waals surface area contributed by atoms with Crippen LogP contribution in [-0.4, -0.2) is 46.5 Å². The predicted molar refractivity (Wildman–Crippen MR) is 64.3 cm³/mol. The molecule has 94 valence electrons. The lowest BCUT2D eigenvalue weighted by molar-refractivity contribution is -0.0371. The van der Waals surface area contributed by atoms with Crippen molar-refractivity contribution in [2.24, 2.45) is 0 Å². The third-order valence-electron chi connectivity index (χ3n) is 4.43. The highest BCUT2D eigenvalue weighted by Gasteiger charge is 2.34. The van der Waals surface area contributed by atoms with Gasteiger partial charge in [0.2, 0.25) is 0 Å². The molecule has 2 rings (SSSR count). The Morgan fingerprint density at radius 1 is 0.750 bits per heavy atom. The van der Waals surface area contributed by atoms with Gasteiger partial charge in [0.15, 0.2) is 0 Å². The van der Waals surface area contributed by atoms with Gasteiger partial charge in [-0.3, -0.25) is 4.90 Å². The Hall–Kier alpha value is -0.120. The van der Waals surface area contributed by atoms with Crippen LogP contribution >= 0.6 is 0 Å². The van der Waals surface area contributed by atoms with Crippen LogP contribution in [0, 0.1) is 0 Å². The number of aliphatic hydroxyl groups excluding tert-OH is 2. The molecule has 0 saturated heterocycles. The maximum absolute atomic E-state index is 10.0. The molecule has 0 aromatic rings. The van der Waals surface area contributed by atoms with E-state index in [0.717, 1.165) is 38.5 Å². The van der Waals surface area contributed by atoms with Crippen molar-refractivity contribution in [2.75, 3.05) is 7.05 Å². The van der Waals surface area contributed by atoms with Crippen LogP contribution in [0.15, 0.2) is 0 Å². The molecular formula is C13H25NO2. The highest BCUT2D eigenvalue weighted by Crippen LogP contribution is 2.29. The van der Waals surface area contributed by atoms with Crippen molar-refractivity contribution in [3.05, 3.63) is 0 Å². The zero-order valence-electron chi connectivity index (χ0n) is 10.3. The van der Waals surface area contributed by atoms with E-state index in [9.17, 15) is 10.2 Å². The third-order valence-corrected chi connectivity index (χ3v) is 4.43. The zero-order chi connectivity index (χ0) is 11.5. The van der Waals surface area contributed by atoms with Crippen molar-refractivity contribution in [3.63, 3.8) is 0 Å². The maximum Gasteiger partial charge on any atom is 0.0695 e. The Morgan fingerprint density at radius 3 is 1.50 bits per heavy atom. The number of likely N-dealkylation sites (N-methyl/N-ethyl adjacent to an activating group) is 1. The van der Waals surface area contributed by atoms with Crippen LogP contribution in [0.5, 0.6) is 0 Å². The van der Waals surface area contributed by atoms with Gasteiger partial charge in [-0.25, -0.2) is 0 Å². The van der Waals surface area contributed by atoms with Gasteiger partial charge in [0.1, 0.15) is 0 Å². The molecule has 2 fully saturated rings. The van der Waals surface area contributed by atoms with Crippen LogP contribution in [0.2, 0.25) is 0 Å². The molecule has 4 unspecified atom stereocenters. The summed E-state index contributed by atoms with van der Waals surface area (Å²) in [7, 11) is 2.08. The lowest BCUT2D eigenvalue weighted by atomic mass is 9.86. The Labute approximate surface area is 98.5 Å². The summed E-state index contributed by atoms with van der Waals surface area (Å²) in [5, 5.41) is 20.1. The van der Waals surface area contributed by atoms with Crippen molar-refractivity contribution in [1.29, 1.82) is 0 Å². The topological polar surface area (TPSA) is 43.7 Å². The Bertz CT molecular complexity index is 200. The quantitative estimate of drug-likeness (QED) is 0.752. The van der Waals surface area contributed by atoms with E-state index in [1.807, 2.05) is 0 Å². The molecule has 0 radical (unpaired) electrons. The van der Waals surface area contributed by atoms with Crippen molar-refractivity contribution in [3.8, 4) is 0 Å². The minimum absolute atomic E-state index is 0.187. The van der Waals surface area contributed by atoms with E-state index in [-0.39, 0.29) is 24.3 Å². The van der Waals surface area contributed by atoms with Gasteiger partial charge in [0, 0.05) is 12.1 Å². The number of aliphatic hydroxyl groups is 2. The SMILES string of the molecule is CN(C1CCCCC1O)C1CCCCC1O. The normalized spacial score (nSPS) is 41.2. The molecule has 3 heteroatoms. The molecule has 2 aliphatic carbocycles.